The second-order valence-electron chi connectivity index (χ2n) is 8.08. The molecule has 0 aliphatic heterocycles. The molecule has 180 valence electrons. The van der Waals surface area contributed by atoms with Gasteiger partial charge in [0.15, 0.2) is 0 Å². The quantitative estimate of drug-likeness (QED) is 0.358. The number of nitrogens with zero attached hydrogens (tertiary/aromatic N) is 4. The smallest absolute Gasteiger partial charge is 0.249 e. The molecule has 0 fully saturated rings. The van der Waals surface area contributed by atoms with E-state index in [1.165, 1.54) is 4.90 Å². The third-order valence-corrected chi connectivity index (χ3v) is 5.80. The summed E-state index contributed by atoms with van der Waals surface area (Å²) in [4.78, 5) is 28.9. The molecule has 1 N–H and O–H groups in total. The summed E-state index contributed by atoms with van der Waals surface area (Å²) in [7, 11) is 1.56. The van der Waals surface area contributed by atoms with Crippen LogP contribution >= 0.6 is 11.6 Å². The van der Waals surface area contributed by atoms with Crippen molar-refractivity contribution in [1.29, 1.82) is 0 Å². The van der Waals surface area contributed by atoms with Crippen molar-refractivity contribution in [2.75, 3.05) is 25.2 Å². The third-order valence-electron chi connectivity index (χ3n) is 5.55. The van der Waals surface area contributed by atoms with E-state index in [9.17, 15) is 9.59 Å². The summed E-state index contributed by atoms with van der Waals surface area (Å²) in [6, 6.07) is 20.9. The minimum Gasteiger partial charge on any atom is -0.383 e. The van der Waals surface area contributed by atoms with Crippen LogP contribution in [0.2, 0.25) is 5.02 Å². The summed E-state index contributed by atoms with van der Waals surface area (Å²) in [6.45, 7) is 2.50. The van der Waals surface area contributed by atoms with Gasteiger partial charge < -0.3 is 10.1 Å². The van der Waals surface area contributed by atoms with E-state index in [0.29, 0.717) is 34.9 Å². The van der Waals surface area contributed by atoms with Crippen molar-refractivity contribution in [2.24, 2.45) is 0 Å². The number of anilines is 1. The number of hydrogen-bond acceptors (Lipinski definition) is 5. The zero-order valence-corrected chi connectivity index (χ0v) is 20.3. The summed E-state index contributed by atoms with van der Waals surface area (Å²) < 4.78 is 6.63. The number of aryl methyl sites for hydroxylation is 1. The molecule has 0 radical (unpaired) electrons. The van der Waals surface area contributed by atoms with Gasteiger partial charge in [-0.3, -0.25) is 14.5 Å². The largest absolute Gasteiger partial charge is 0.383 e. The summed E-state index contributed by atoms with van der Waals surface area (Å²) in [5.74, 6) is -0.643. The average Bonchev–Trinajstić information content (AvgIpc) is 3.26. The lowest BCUT2D eigenvalue weighted by Crippen LogP contribution is -2.46. The Hall–Kier alpha value is -3.75. The molecule has 8 nitrogen and oxygen atoms in total. The number of benzene rings is 3. The molecular formula is C26H26ClN5O3. The van der Waals surface area contributed by atoms with Crippen LogP contribution in [-0.4, -0.2) is 47.1 Å². The van der Waals surface area contributed by atoms with Crippen molar-refractivity contribution in [3.05, 3.63) is 88.9 Å². The first kappa shape index (κ1) is 24.4. The molecule has 3 aromatic carbocycles. The van der Waals surface area contributed by atoms with Gasteiger partial charge in [-0.1, -0.05) is 53.2 Å². The van der Waals surface area contributed by atoms with Gasteiger partial charge in [-0.05, 0) is 54.4 Å². The van der Waals surface area contributed by atoms with Crippen LogP contribution in [0.3, 0.4) is 0 Å². The zero-order chi connectivity index (χ0) is 24.8. The molecule has 9 heteroatoms. The number of methoxy groups -OCH3 is 1. The molecule has 35 heavy (non-hydrogen) atoms. The third kappa shape index (κ3) is 5.67. The fourth-order valence-corrected chi connectivity index (χ4v) is 4.02. The number of carbonyl (C=O) groups is 2. The maximum absolute atomic E-state index is 13.9. The SMILES string of the molecule is COCCNC(=O)[C@@H](c1ccc(Cl)cc1)N(C(=O)Cn1nnc2ccccc21)c1cccc(C)c1. The van der Waals surface area contributed by atoms with Crippen LogP contribution in [0.4, 0.5) is 5.69 Å². The highest BCUT2D eigenvalue weighted by atomic mass is 35.5. The number of rotatable bonds is 9. The highest BCUT2D eigenvalue weighted by Gasteiger charge is 2.33. The van der Waals surface area contributed by atoms with E-state index in [-0.39, 0.29) is 18.4 Å². The van der Waals surface area contributed by atoms with E-state index >= 15 is 0 Å². The molecule has 1 atom stereocenters. The van der Waals surface area contributed by atoms with E-state index in [1.807, 2.05) is 55.5 Å². The van der Waals surface area contributed by atoms with Gasteiger partial charge in [0, 0.05) is 24.4 Å². The second kappa shape index (κ2) is 11.1. The lowest BCUT2D eigenvalue weighted by atomic mass is 10.0. The molecule has 1 heterocycles. The maximum Gasteiger partial charge on any atom is 0.249 e. The predicted octanol–water partition coefficient (Wildman–Crippen LogP) is 3.93. The minimum atomic E-state index is -0.937. The molecule has 0 saturated carbocycles. The lowest BCUT2D eigenvalue weighted by molar-refractivity contribution is -0.127. The summed E-state index contributed by atoms with van der Waals surface area (Å²) >= 11 is 6.11. The first-order valence-corrected chi connectivity index (χ1v) is 11.5. The van der Waals surface area contributed by atoms with Gasteiger partial charge in [-0.15, -0.1) is 5.10 Å². The van der Waals surface area contributed by atoms with Gasteiger partial charge in [0.1, 0.15) is 18.1 Å². The Morgan fingerprint density at radius 2 is 1.86 bits per heavy atom. The van der Waals surface area contributed by atoms with Crippen LogP contribution in [0.15, 0.2) is 72.8 Å². The highest BCUT2D eigenvalue weighted by molar-refractivity contribution is 6.30. The zero-order valence-electron chi connectivity index (χ0n) is 19.5. The number of halogens is 1. The van der Waals surface area contributed by atoms with Gasteiger partial charge in [-0.2, -0.15) is 0 Å². The first-order chi connectivity index (χ1) is 17.0. The van der Waals surface area contributed by atoms with Crippen molar-refractivity contribution in [3.63, 3.8) is 0 Å². The molecule has 0 saturated heterocycles. The van der Waals surface area contributed by atoms with Gasteiger partial charge in [-0.25, -0.2) is 4.68 Å². The standard InChI is InChI=1S/C26H26ClN5O3/c1-18-6-5-7-21(16-18)32(24(33)17-31-23-9-4-3-8-22(23)29-30-31)25(26(34)28-14-15-35-2)19-10-12-20(27)13-11-19/h3-13,16,25H,14-15,17H2,1-2H3,(H,28,34)/t25-/m1/s1. The molecular weight excluding hydrogens is 466 g/mol. The lowest BCUT2D eigenvalue weighted by Gasteiger charge is -2.32. The summed E-state index contributed by atoms with van der Waals surface area (Å²) in [5, 5.41) is 11.7. The second-order valence-corrected chi connectivity index (χ2v) is 8.51. The van der Waals surface area contributed by atoms with Gasteiger partial charge in [0.05, 0.1) is 12.1 Å². The minimum absolute atomic E-state index is 0.0934. The number of nitrogens with one attached hydrogen (secondary N) is 1. The number of para-hydroxylation sites is 1. The molecule has 4 rings (SSSR count). The number of hydrogen-bond donors (Lipinski definition) is 1. The molecule has 0 unspecified atom stereocenters. The topological polar surface area (TPSA) is 89.4 Å². The van der Waals surface area contributed by atoms with Crippen molar-refractivity contribution in [2.45, 2.75) is 19.5 Å². The fourth-order valence-electron chi connectivity index (χ4n) is 3.89. The monoisotopic (exact) mass is 491 g/mol. The Morgan fingerprint density at radius 1 is 1.09 bits per heavy atom. The Balaban J connectivity index is 1.77. The van der Waals surface area contributed by atoms with Crippen LogP contribution in [0.25, 0.3) is 11.0 Å². The number of aromatic nitrogens is 3. The van der Waals surface area contributed by atoms with Gasteiger partial charge in [0.25, 0.3) is 0 Å². The molecule has 0 aliphatic carbocycles. The Morgan fingerprint density at radius 3 is 2.60 bits per heavy atom. The number of fused-ring (bicyclic) bond motifs is 1. The van der Waals surface area contributed by atoms with Crippen molar-refractivity contribution in [3.8, 4) is 0 Å². The number of ether oxygens (including phenoxy) is 1. The van der Waals surface area contributed by atoms with Gasteiger partial charge in [0.2, 0.25) is 11.8 Å². The van der Waals surface area contributed by atoms with Crippen molar-refractivity contribution >= 4 is 40.1 Å². The molecule has 0 aliphatic rings. The number of amides is 2. The fraction of sp³-hybridized carbons (Fsp3) is 0.231. The highest BCUT2D eigenvalue weighted by Crippen LogP contribution is 2.30. The van der Waals surface area contributed by atoms with Crippen LogP contribution in [-0.2, 0) is 20.9 Å². The number of carbonyl (C=O) groups excluding carboxylic acids is 2. The predicted molar refractivity (Wildman–Crippen MR) is 135 cm³/mol. The molecule has 0 bridgehead atoms. The maximum atomic E-state index is 13.9. The molecule has 2 amide bonds. The van der Waals surface area contributed by atoms with E-state index in [0.717, 1.165) is 11.1 Å². The Labute approximate surface area is 208 Å². The van der Waals surface area contributed by atoms with Crippen molar-refractivity contribution < 1.29 is 14.3 Å². The average molecular weight is 492 g/mol. The molecule has 4 aromatic rings. The van der Waals surface area contributed by atoms with E-state index in [1.54, 1.807) is 36.1 Å². The van der Waals surface area contributed by atoms with Gasteiger partial charge >= 0.3 is 0 Å². The van der Waals surface area contributed by atoms with E-state index in [4.69, 9.17) is 16.3 Å². The van der Waals surface area contributed by atoms with Crippen molar-refractivity contribution in [1.82, 2.24) is 20.3 Å². The normalized spacial score (nSPS) is 11.9. The molecule has 1 aromatic heterocycles. The summed E-state index contributed by atoms with van der Waals surface area (Å²) in [5.41, 5.74) is 3.61. The van der Waals surface area contributed by atoms with E-state index < -0.39 is 6.04 Å². The Bertz CT molecular complexity index is 1320. The van der Waals surface area contributed by atoms with E-state index in [2.05, 4.69) is 15.6 Å². The molecule has 0 spiro atoms. The van der Waals surface area contributed by atoms with Crippen LogP contribution in [0.1, 0.15) is 17.2 Å². The van der Waals surface area contributed by atoms with Crippen LogP contribution in [0.5, 0.6) is 0 Å². The first-order valence-electron chi connectivity index (χ1n) is 11.2. The Kier molecular flexibility index (Phi) is 7.74. The van der Waals surface area contributed by atoms with Crippen LogP contribution < -0.4 is 10.2 Å². The summed E-state index contributed by atoms with van der Waals surface area (Å²) in [6.07, 6.45) is 0. The van der Waals surface area contributed by atoms with Crippen LogP contribution in [0, 0.1) is 6.92 Å².